The van der Waals surface area contributed by atoms with Crippen LogP contribution in [0.1, 0.15) is 0 Å². The maximum absolute atomic E-state index is 12.9. The van der Waals surface area contributed by atoms with Crippen LogP contribution in [-0.4, -0.2) is 4.98 Å². The van der Waals surface area contributed by atoms with Crippen LogP contribution in [-0.2, 0) is 0 Å². The molecule has 2 rings (SSSR count). The zero-order valence-corrected chi connectivity index (χ0v) is 10.6. The number of aromatic nitrogens is 1. The number of hydrogen-bond donors (Lipinski definition) is 0. The molecule has 2 aromatic rings. The highest BCUT2D eigenvalue weighted by Gasteiger charge is 2.07. The summed E-state index contributed by atoms with van der Waals surface area (Å²) in [6.07, 6.45) is 1.37. The number of benzene rings is 1. The van der Waals surface area contributed by atoms with Crippen molar-refractivity contribution in [3.63, 3.8) is 0 Å². The second kappa shape index (κ2) is 4.98. The zero-order valence-electron chi connectivity index (χ0n) is 8.25. The molecule has 0 saturated heterocycles. The van der Waals surface area contributed by atoms with Crippen molar-refractivity contribution in [1.82, 2.24) is 4.98 Å². The van der Waals surface area contributed by atoms with Crippen molar-refractivity contribution < 1.29 is 13.5 Å². The zero-order chi connectivity index (χ0) is 12.4. The Morgan fingerprint density at radius 1 is 1.12 bits per heavy atom. The molecule has 1 aromatic carbocycles. The summed E-state index contributed by atoms with van der Waals surface area (Å²) in [5.74, 6) is -1.23. The van der Waals surface area contributed by atoms with Gasteiger partial charge in [-0.05, 0) is 22.0 Å². The number of rotatable bonds is 2. The highest BCUT2D eigenvalue weighted by molar-refractivity contribution is 9.10. The molecule has 0 spiro atoms. The second-order valence-corrected chi connectivity index (χ2v) is 4.44. The van der Waals surface area contributed by atoms with Gasteiger partial charge in [0.2, 0.25) is 5.88 Å². The van der Waals surface area contributed by atoms with E-state index in [9.17, 15) is 8.78 Å². The van der Waals surface area contributed by atoms with Crippen molar-refractivity contribution in [2.24, 2.45) is 0 Å². The van der Waals surface area contributed by atoms with Crippen LogP contribution in [0.2, 0.25) is 5.02 Å². The quantitative estimate of drug-likeness (QED) is 0.809. The molecule has 0 bridgehead atoms. The van der Waals surface area contributed by atoms with Crippen molar-refractivity contribution in [3.8, 4) is 11.6 Å². The minimum absolute atomic E-state index is 0.0259. The number of halogens is 4. The van der Waals surface area contributed by atoms with E-state index >= 15 is 0 Å². The third-order valence-corrected chi connectivity index (χ3v) is 2.60. The summed E-state index contributed by atoms with van der Waals surface area (Å²) < 4.78 is 31.6. The number of pyridine rings is 1. The van der Waals surface area contributed by atoms with Gasteiger partial charge in [0, 0.05) is 24.4 Å². The Morgan fingerprint density at radius 3 is 2.35 bits per heavy atom. The van der Waals surface area contributed by atoms with E-state index in [1.165, 1.54) is 6.20 Å². The summed E-state index contributed by atoms with van der Waals surface area (Å²) in [6.45, 7) is 0. The van der Waals surface area contributed by atoms with Gasteiger partial charge < -0.3 is 4.74 Å². The molecular weight excluding hydrogens is 315 g/mol. The molecular formula is C11H5BrClF2NO. The van der Waals surface area contributed by atoms with Crippen LogP contribution in [0.25, 0.3) is 0 Å². The van der Waals surface area contributed by atoms with E-state index in [1.807, 2.05) is 0 Å². The molecule has 88 valence electrons. The molecule has 0 N–H and O–H groups in total. The molecule has 17 heavy (non-hydrogen) atoms. The molecule has 1 heterocycles. The minimum atomic E-state index is -0.718. The molecule has 6 heteroatoms. The maximum Gasteiger partial charge on any atom is 0.233 e. The first kappa shape index (κ1) is 12.3. The predicted molar refractivity (Wildman–Crippen MR) is 63.4 cm³/mol. The van der Waals surface area contributed by atoms with Crippen molar-refractivity contribution in [2.75, 3.05) is 0 Å². The molecule has 0 unspecified atom stereocenters. The lowest BCUT2D eigenvalue weighted by Crippen LogP contribution is -1.91. The topological polar surface area (TPSA) is 22.1 Å². The van der Waals surface area contributed by atoms with E-state index in [0.717, 1.165) is 18.2 Å². The Morgan fingerprint density at radius 2 is 1.76 bits per heavy atom. The predicted octanol–water partition coefficient (Wildman–Crippen LogP) is 4.57. The molecule has 0 aliphatic heterocycles. The Hall–Kier alpha value is -1.20. The molecule has 0 aliphatic carbocycles. The van der Waals surface area contributed by atoms with Crippen LogP contribution in [0, 0.1) is 11.6 Å². The smallest absolute Gasteiger partial charge is 0.233 e. The maximum atomic E-state index is 12.9. The summed E-state index contributed by atoms with van der Waals surface area (Å²) in [6, 6.07) is 4.45. The van der Waals surface area contributed by atoms with Gasteiger partial charge in [-0.1, -0.05) is 11.6 Å². The molecule has 0 saturated carbocycles. The van der Waals surface area contributed by atoms with Gasteiger partial charge in [-0.3, -0.25) is 0 Å². The Balaban J connectivity index is 2.31. The summed E-state index contributed by atoms with van der Waals surface area (Å²) >= 11 is 8.88. The summed E-state index contributed by atoms with van der Waals surface area (Å²) in [5, 5.41) is 0.426. The van der Waals surface area contributed by atoms with Gasteiger partial charge in [-0.2, -0.15) is 0 Å². The van der Waals surface area contributed by atoms with Gasteiger partial charge in [-0.15, -0.1) is 0 Å². The van der Waals surface area contributed by atoms with E-state index in [1.54, 1.807) is 6.07 Å². The molecule has 0 radical (unpaired) electrons. The van der Waals surface area contributed by atoms with E-state index in [4.69, 9.17) is 16.3 Å². The third kappa shape index (κ3) is 3.14. The second-order valence-electron chi connectivity index (χ2n) is 3.15. The Labute approximate surface area is 109 Å². The Bertz CT molecular complexity index is 545. The standard InChI is InChI=1S/C11H5BrClF2NO/c12-10-1-6(13)5-16-11(10)17-9-3-7(14)2-8(15)4-9/h1-5H. The van der Waals surface area contributed by atoms with Gasteiger partial charge in [0.25, 0.3) is 0 Å². The minimum Gasteiger partial charge on any atom is -0.438 e. The van der Waals surface area contributed by atoms with Crippen LogP contribution in [0.5, 0.6) is 11.6 Å². The molecule has 0 fully saturated rings. The summed E-state index contributed by atoms with van der Waals surface area (Å²) in [7, 11) is 0. The van der Waals surface area contributed by atoms with Crippen molar-refractivity contribution in [2.45, 2.75) is 0 Å². The van der Waals surface area contributed by atoms with Gasteiger partial charge in [0.15, 0.2) is 0 Å². The average Bonchev–Trinajstić information content (AvgIpc) is 2.21. The van der Waals surface area contributed by atoms with Crippen LogP contribution in [0.15, 0.2) is 34.9 Å². The molecule has 0 aliphatic rings. The largest absolute Gasteiger partial charge is 0.438 e. The van der Waals surface area contributed by atoms with Crippen LogP contribution in [0.3, 0.4) is 0 Å². The van der Waals surface area contributed by atoms with Gasteiger partial charge in [0.05, 0.1) is 9.50 Å². The fraction of sp³-hybridized carbons (Fsp3) is 0. The summed E-state index contributed by atoms with van der Waals surface area (Å²) in [4.78, 5) is 3.89. The third-order valence-electron chi connectivity index (χ3n) is 1.82. The van der Waals surface area contributed by atoms with Gasteiger partial charge in [0.1, 0.15) is 17.4 Å². The van der Waals surface area contributed by atoms with E-state index in [-0.39, 0.29) is 11.6 Å². The Kier molecular flexibility index (Phi) is 3.59. The van der Waals surface area contributed by atoms with Crippen molar-refractivity contribution >= 4 is 27.5 Å². The lowest BCUT2D eigenvalue weighted by atomic mass is 10.3. The monoisotopic (exact) mass is 319 g/mol. The average molecular weight is 321 g/mol. The number of hydrogen-bond acceptors (Lipinski definition) is 2. The highest BCUT2D eigenvalue weighted by Crippen LogP contribution is 2.29. The first-order valence-corrected chi connectivity index (χ1v) is 5.67. The van der Waals surface area contributed by atoms with E-state index < -0.39 is 11.6 Å². The number of ether oxygens (including phenoxy) is 1. The van der Waals surface area contributed by atoms with E-state index in [0.29, 0.717) is 9.50 Å². The summed E-state index contributed by atoms with van der Waals surface area (Å²) in [5.41, 5.74) is 0. The van der Waals surface area contributed by atoms with Crippen LogP contribution in [0.4, 0.5) is 8.78 Å². The molecule has 1 aromatic heterocycles. The molecule has 0 amide bonds. The first-order valence-electron chi connectivity index (χ1n) is 4.49. The van der Waals surface area contributed by atoms with Crippen LogP contribution < -0.4 is 4.74 Å². The lowest BCUT2D eigenvalue weighted by molar-refractivity contribution is 0.448. The van der Waals surface area contributed by atoms with Crippen LogP contribution >= 0.6 is 27.5 Å². The fourth-order valence-corrected chi connectivity index (χ4v) is 1.90. The fourth-order valence-electron chi connectivity index (χ4n) is 1.18. The van der Waals surface area contributed by atoms with Gasteiger partial charge in [-0.25, -0.2) is 13.8 Å². The van der Waals surface area contributed by atoms with Crippen molar-refractivity contribution in [3.05, 3.63) is 51.6 Å². The van der Waals surface area contributed by atoms with Gasteiger partial charge >= 0.3 is 0 Å². The lowest BCUT2D eigenvalue weighted by Gasteiger charge is -2.06. The van der Waals surface area contributed by atoms with E-state index in [2.05, 4.69) is 20.9 Å². The highest BCUT2D eigenvalue weighted by atomic mass is 79.9. The van der Waals surface area contributed by atoms with Crippen molar-refractivity contribution in [1.29, 1.82) is 0 Å². The first-order chi connectivity index (χ1) is 8.04. The molecule has 0 atom stereocenters. The molecule has 2 nitrogen and oxygen atoms in total. The SMILES string of the molecule is Fc1cc(F)cc(Oc2ncc(Cl)cc2Br)c1. The number of nitrogens with zero attached hydrogens (tertiary/aromatic N) is 1. The normalized spacial score (nSPS) is 10.4.